The molecule has 0 aromatic heterocycles. The molecule has 1 heterocycles. The Balaban J connectivity index is 1.98. The third-order valence-corrected chi connectivity index (χ3v) is 5.72. The van der Waals surface area contributed by atoms with E-state index >= 15 is 0 Å². The van der Waals surface area contributed by atoms with Crippen molar-refractivity contribution in [2.75, 3.05) is 13.1 Å². The van der Waals surface area contributed by atoms with Gasteiger partial charge in [-0.25, -0.2) is 0 Å². The Morgan fingerprint density at radius 1 is 1.04 bits per heavy atom. The smallest absolute Gasteiger partial charge is 0.389 e. The maximum atomic E-state index is 13.2. The number of alkyl halides is 3. The van der Waals surface area contributed by atoms with Gasteiger partial charge in [-0.1, -0.05) is 37.5 Å². The lowest BCUT2D eigenvalue weighted by Crippen LogP contribution is -2.49. The van der Waals surface area contributed by atoms with Gasteiger partial charge >= 0.3 is 6.18 Å². The molecular weight excluding hydrogens is 343 g/mol. The number of aliphatic hydroxyl groups is 1. The van der Waals surface area contributed by atoms with Crippen molar-refractivity contribution in [1.82, 2.24) is 4.90 Å². The van der Waals surface area contributed by atoms with Crippen LogP contribution in [0.15, 0.2) is 24.3 Å². The highest BCUT2D eigenvalue weighted by molar-refractivity contribution is 5.85. The molecule has 26 heavy (non-hydrogen) atoms. The molecule has 1 saturated heterocycles. The predicted octanol–water partition coefficient (Wildman–Crippen LogP) is 4.50. The Labute approximate surface area is 152 Å². The molecule has 0 spiro atoms. The van der Waals surface area contributed by atoms with Crippen LogP contribution < -0.4 is 0 Å². The average Bonchev–Trinajstić information content (AvgIpc) is 2.62. The number of hydrogen-bond acceptors (Lipinski definition) is 2. The van der Waals surface area contributed by atoms with Gasteiger partial charge in [0, 0.05) is 13.1 Å². The van der Waals surface area contributed by atoms with Crippen LogP contribution >= 0.6 is 0 Å². The molecule has 0 bridgehead atoms. The standard InChI is InChI=1S/C20H26F3NO2/c21-20(22,23)16-9-7-8-15(14-16)17(19(26)10-3-1-4-11-19)18(25)24-12-5-2-6-13-24/h7-9,14,17,26H,1-6,10-13H2. The van der Waals surface area contributed by atoms with Crippen LogP contribution in [0.5, 0.6) is 0 Å². The molecule has 0 radical (unpaired) electrons. The van der Waals surface area contributed by atoms with Gasteiger partial charge in [0.15, 0.2) is 0 Å². The van der Waals surface area contributed by atoms with Gasteiger partial charge in [-0.3, -0.25) is 4.79 Å². The first-order valence-electron chi connectivity index (χ1n) is 9.50. The molecule has 1 amide bonds. The fraction of sp³-hybridized carbons (Fsp3) is 0.650. The lowest BCUT2D eigenvalue weighted by molar-refractivity contribution is -0.143. The summed E-state index contributed by atoms with van der Waals surface area (Å²) in [6.07, 6.45) is 1.86. The Hall–Kier alpha value is -1.56. The fourth-order valence-corrected chi connectivity index (χ4v) is 4.33. The Bertz CT molecular complexity index is 632. The summed E-state index contributed by atoms with van der Waals surface area (Å²) >= 11 is 0. The lowest BCUT2D eigenvalue weighted by Gasteiger charge is -2.41. The fourth-order valence-electron chi connectivity index (χ4n) is 4.33. The molecule has 2 fully saturated rings. The predicted molar refractivity (Wildman–Crippen MR) is 92.7 cm³/mol. The molecule has 1 aromatic rings. The maximum Gasteiger partial charge on any atom is 0.416 e. The van der Waals surface area contributed by atoms with Gasteiger partial charge < -0.3 is 10.0 Å². The van der Waals surface area contributed by atoms with Gasteiger partial charge in [-0.2, -0.15) is 13.2 Å². The SMILES string of the molecule is O=C(C(c1cccc(C(F)(F)F)c1)C1(O)CCCCC1)N1CCCCC1. The first kappa shape index (κ1) is 19.2. The second-order valence-electron chi connectivity index (χ2n) is 7.61. The molecule has 1 N–H and O–H groups in total. The summed E-state index contributed by atoms with van der Waals surface area (Å²) in [7, 11) is 0. The molecule has 3 nitrogen and oxygen atoms in total. The molecule has 2 aliphatic rings. The van der Waals surface area contributed by atoms with Crippen molar-refractivity contribution in [1.29, 1.82) is 0 Å². The van der Waals surface area contributed by atoms with Gasteiger partial charge in [0.2, 0.25) is 5.91 Å². The molecule has 3 rings (SSSR count). The van der Waals surface area contributed by atoms with Crippen molar-refractivity contribution in [3.05, 3.63) is 35.4 Å². The van der Waals surface area contributed by atoms with Crippen LogP contribution in [-0.4, -0.2) is 34.6 Å². The van der Waals surface area contributed by atoms with Crippen molar-refractivity contribution < 1.29 is 23.1 Å². The van der Waals surface area contributed by atoms with E-state index in [-0.39, 0.29) is 11.5 Å². The van der Waals surface area contributed by atoms with Crippen LogP contribution in [0.1, 0.15) is 68.4 Å². The highest BCUT2D eigenvalue weighted by Gasteiger charge is 2.45. The van der Waals surface area contributed by atoms with Gasteiger partial charge in [-0.05, 0) is 43.7 Å². The minimum atomic E-state index is -4.47. The van der Waals surface area contributed by atoms with Gasteiger partial charge in [-0.15, -0.1) is 0 Å². The number of benzene rings is 1. The highest BCUT2D eigenvalue weighted by Crippen LogP contribution is 2.42. The summed E-state index contributed by atoms with van der Waals surface area (Å²) < 4.78 is 39.5. The number of hydrogen-bond donors (Lipinski definition) is 1. The van der Waals surface area contributed by atoms with E-state index in [9.17, 15) is 23.1 Å². The third-order valence-electron chi connectivity index (χ3n) is 5.72. The van der Waals surface area contributed by atoms with Crippen molar-refractivity contribution in [3.8, 4) is 0 Å². The first-order chi connectivity index (χ1) is 12.3. The zero-order valence-electron chi connectivity index (χ0n) is 14.9. The summed E-state index contributed by atoms with van der Waals surface area (Å²) in [5.74, 6) is -1.16. The molecule has 1 aliphatic heterocycles. The number of piperidine rings is 1. The van der Waals surface area contributed by atoms with E-state index < -0.39 is 23.3 Å². The van der Waals surface area contributed by atoms with Crippen LogP contribution in [0.4, 0.5) is 13.2 Å². The summed E-state index contributed by atoms with van der Waals surface area (Å²) in [5.41, 5.74) is -1.76. The van der Waals surface area contributed by atoms with E-state index in [4.69, 9.17) is 0 Å². The van der Waals surface area contributed by atoms with E-state index in [0.717, 1.165) is 50.7 Å². The van der Waals surface area contributed by atoms with Crippen molar-refractivity contribution >= 4 is 5.91 Å². The molecular formula is C20H26F3NO2. The van der Waals surface area contributed by atoms with Crippen molar-refractivity contribution in [3.63, 3.8) is 0 Å². The average molecular weight is 369 g/mol. The largest absolute Gasteiger partial charge is 0.416 e. The van der Waals surface area contributed by atoms with E-state index in [0.29, 0.717) is 25.9 Å². The lowest BCUT2D eigenvalue weighted by atomic mass is 9.72. The highest BCUT2D eigenvalue weighted by atomic mass is 19.4. The van der Waals surface area contributed by atoms with E-state index in [2.05, 4.69) is 0 Å². The number of likely N-dealkylation sites (tertiary alicyclic amines) is 1. The number of carbonyl (C=O) groups is 1. The molecule has 1 atom stereocenters. The molecule has 144 valence electrons. The third kappa shape index (κ3) is 4.05. The molecule has 1 aliphatic carbocycles. The van der Waals surface area contributed by atoms with Crippen LogP contribution in [-0.2, 0) is 11.0 Å². The van der Waals surface area contributed by atoms with Crippen LogP contribution in [0.3, 0.4) is 0 Å². The number of halogens is 3. The summed E-state index contributed by atoms with van der Waals surface area (Å²) in [6, 6.07) is 4.94. The number of rotatable bonds is 3. The number of carbonyl (C=O) groups excluding carboxylic acids is 1. The second-order valence-corrected chi connectivity index (χ2v) is 7.61. The zero-order chi connectivity index (χ0) is 18.8. The summed E-state index contributed by atoms with van der Waals surface area (Å²) in [4.78, 5) is 15.0. The first-order valence-corrected chi connectivity index (χ1v) is 9.50. The van der Waals surface area contributed by atoms with Crippen LogP contribution in [0, 0.1) is 0 Å². The zero-order valence-corrected chi connectivity index (χ0v) is 14.9. The number of nitrogens with zero attached hydrogens (tertiary/aromatic N) is 1. The summed E-state index contributed by atoms with van der Waals surface area (Å²) in [6.45, 7) is 1.23. The van der Waals surface area contributed by atoms with Gasteiger partial charge in [0.25, 0.3) is 0 Å². The molecule has 1 saturated carbocycles. The van der Waals surface area contributed by atoms with E-state index in [1.807, 2.05) is 0 Å². The second kappa shape index (κ2) is 7.59. The normalized spacial score (nSPS) is 22.1. The number of amides is 1. The van der Waals surface area contributed by atoms with Crippen molar-refractivity contribution in [2.45, 2.75) is 69.1 Å². The maximum absolute atomic E-state index is 13.2. The minimum Gasteiger partial charge on any atom is -0.389 e. The van der Waals surface area contributed by atoms with Gasteiger partial charge in [0.1, 0.15) is 0 Å². The Morgan fingerprint density at radius 2 is 1.65 bits per heavy atom. The molecule has 6 heteroatoms. The topological polar surface area (TPSA) is 40.5 Å². The quantitative estimate of drug-likeness (QED) is 0.852. The van der Waals surface area contributed by atoms with Crippen molar-refractivity contribution in [2.24, 2.45) is 0 Å². The summed E-state index contributed by atoms with van der Waals surface area (Å²) in [5, 5.41) is 11.3. The minimum absolute atomic E-state index is 0.228. The van der Waals surface area contributed by atoms with Gasteiger partial charge in [0.05, 0.1) is 17.1 Å². The van der Waals surface area contributed by atoms with E-state index in [1.165, 1.54) is 6.07 Å². The molecule has 1 unspecified atom stereocenters. The Kier molecular flexibility index (Phi) is 5.61. The van der Waals surface area contributed by atoms with Crippen LogP contribution in [0.2, 0.25) is 0 Å². The van der Waals surface area contributed by atoms with Crippen LogP contribution in [0.25, 0.3) is 0 Å². The Morgan fingerprint density at radius 3 is 2.27 bits per heavy atom. The van der Waals surface area contributed by atoms with E-state index in [1.54, 1.807) is 11.0 Å². The molecule has 1 aromatic carbocycles. The monoisotopic (exact) mass is 369 g/mol.